The highest BCUT2D eigenvalue weighted by atomic mass is 79.9. The molecule has 0 saturated carbocycles. The lowest BCUT2D eigenvalue weighted by Crippen LogP contribution is -2.28. The molecule has 102 valence electrons. The molecule has 2 heterocycles. The summed E-state index contributed by atoms with van der Waals surface area (Å²) in [5, 5.41) is 2.94. The van der Waals surface area contributed by atoms with Crippen molar-refractivity contribution in [1.29, 1.82) is 0 Å². The van der Waals surface area contributed by atoms with Gasteiger partial charge < -0.3 is 14.3 Å². The van der Waals surface area contributed by atoms with Crippen LogP contribution in [0.5, 0.6) is 0 Å². The van der Waals surface area contributed by atoms with Crippen LogP contribution in [0.15, 0.2) is 39.5 Å². The molecule has 0 bridgehead atoms. The molecule has 0 fully saturated rings. The van der Waals surface area contributed by atoms with Gasteiger partial charge >= 0.3 is 0 Å². The first kappa shape index (κ1) is 13.9. The monoisotopic (exact) mass is 324 g/mol. The Morgan fingerprint density at radius 3 is 3.00 bits per heavy atom. The first-order chi connectivity index (χ1) is 9.11. The SMILES string of the molecule is CCCn1cc(Br)cc1C(=O)NC(C)c1ccco1. The summed E-state index contributed by atoms with van der Waals surface area (Å²) in [5.41, 5.74) is 0.659. The number of nitrogens with zero attached hydrogens (tertiary/aromatic N) is 1. The number of carbonyl (C=O) groups excluding carboxylic acids is 1. The van der Waals surface area contributed by atoms with Crippen LogP contribution in [0.1, 0.15) is 42.6 Å². The minimum absolute atomic E-state index is 0.0944. The van der Waals surface area contributed by atoms with Gasteiger partial charge in [-0.2, -0.15) is 0 Å². The van der Waals surface area contributed by atoms with E-state index in [2.05, 4.69) is 28.2 Å². The summed E-state index contributed by atoms with van der Waals surface area (Å²) < 4.78 is 8.15. The molecule has 1 unspecified atom stereocenters. The number of nitrogens with one attached hydrogen (secondary N) is 1. The van der Waals surface area contributed by atoms with E-state index in [1.165, 1.54) is 0 Å². The Morgan fingerprint density at radius 1 is 1.58 bits per heavy atom. The molecule has 1 N–H and O–H groups in total. The quantitative estimate of drug-likeness (QED) is 0.910. The molecule has 0 aliphatic carbocycles. The molecule has 0 spiro atoms. The number of furan rings is 1. The van der Waals surface area contributed by atoms with E-state index in [1.54, 1.807) is 6.26 Å². The highest BCUT2D eigenvalue weighted by molar-refractivity contribution is 9.10. The molecule has 0 aromatic carbocycles. The second-order valence-corrected chi connectivity index (χ2v) is 5.36. The van der Waals surface area contributed by atoms with Crippen LogP contribution in [0, 0.1) is 0 Å². The lowest BCUT2D eigenvalue weighted by molar-refractivity contribution is 0.0926. The molecule has 4 nitrogen and oxygen atoms in total. The lowest BCUT2D eigenvalue weighted by Gasteiger charge is -2.13. The Morgan fingerprint density at radius 2 is 2.37 bits per heavy atom. The van der Waals surface area contributed by atoms with Crippen LogP contribution in [-0.4, -0.2) is 10.5 Å². The van der Waals surface area contributed by atoms with Crippen LogP contribution >= 0.6 is 15.9 Å². The number of rotatable bonds is 5. The van der Waals surface area contributed by atoms with Gasteiger partial charge in [0, 0.05) is 17.2 Å². The van der Waals surface area contributed by atoms with Crippen LogP contribution in [0.25, 0.3) is 0 Å². The smallest absolute Gasteiger partial charge is 0.268 e. The number of aromatic nitrogens is 1. The first-order valence-electron chi connectivity index (χ1n) is 6.31. The molecule has 2 rings (SSSR count). The van der Waals surface area contributed by atoms with Gasteiger partial charge in [0.1, 0.15) is 11.5 Å². The maximum absolute atomic E-state index is 12.3. The van der Waals surface area contributed by atoms with E-state index in [0.29, 0.717) is 5.69 Å². The maximum Gasteiger partial charge on any atom is 0.268 e. The van der Waals surface area contributed by atoms with Crippen molar-refractivity contribution in [3.05, 3.63) is 46.6 Å². The van der Waals surface area contributed by atoms with Gasteiger partial charge in [0.2, 0.25) is 0 Å². The number of hydrogen-bond donors (Lipinski definition) is 1. The van der Waals surface area contributed by atoms with Crippen molar-refractivity contribution >= 4 is 21.8 Å². The number of halogens is 1. The minimum atomic E-state index is -0.147. The van der Waals surface area contributed by atoms with Crippen LogP contribution in [0.4, 0.5) is 0 Å². The third kappa shape index (κ3) is 3.29. The molecule has 0 saturated heterocycles. The molecule has 1 amide bonds. The average Bonchev–Trinajstić information content (AvgIpc) is 2.99. The van der Waals surface area contributed by atoms with Gasteiger partial charge in [-0.15, -0.1) is 0 Å². The first-order valence-corrected chi connectivity index (χ1v) is 7.11. The fourth-order valence-electron chi connectivity index (χ4n) is 1.97. The summed E-state index contributed by atoms with van der Waals surface area (Å²) >= 11 is 3.41. The van der Waals surface area contributed by atoms with Crippen molar-refractivity contribution in [1.82, 2.24) is 9.88 Å². The molecule has 5 heteroatoms. The number of hydrogen-bond acceptors (Lipinski definition) is 2. The van der Waals surface area contributed by atoms with Crippen molar-refractivity contribution in [2.75, 3.05) is 0 Å². The van der Waals surface area contributed by atoms with Crippen LogP contribution in [-0.2, 0) is 6.54 Å². The van der Waals surface area contributed by atoms with E-state index in [4.69, 9.17) is 4.42 Å². The van der Waals surface area contributed by atoms with Gasteiger partial charge in [-0.25, -0.2) is 0 Å². The highest BCUT2D eigenvalue weighted by Crippen LogP contribution is 2.18. The van der Waals surface area contributed by atoms with E-state index in [1.807, 2.05) is 35.9 Å². The fraction of sp³-hybridized carbons (Fsp3) is 0.357. The zero-order valence-electron chi connectivity index (χ0n) is 11.0. The summed E-state index contributed by atoms with van der Waals surface area (Å²) in [7, 11) is 0. The summed E-state index contributed by atoms with van der Waals surface area (Å²) in [6, 6.07) is 5.35. The molecule has 19 heavy (non-hydrogen) atoms. The predicted molar refractivity (Wildman–Crippen MR) is 77.0 cm³/mol. The minimum Gasteiger partial charge on any atom is -0.467 e. The molecule has 0 aliphatic heterocycles. The zero-order valence-corrected chi connectivity index (χ0v) is 12.6. The molecule has 0 radical (unpaired) electrons. The van der Waals surface area contributed by atoms with E-state index >= 15 is 0 Å². The van der Waals surface area contributed by atoms with E-state index in [9.17, 15) is 4.79 Å². The largest absolute Gasteiger partial charge is 0.467 e. The summed E-state index contributed by atoms with van der Waals surface area (Å²) in [4.78, 5) is 12.3. The molecular formula is C14H17BrN2O2. The second kappa shape index (κ2) is 6.10. The van der Waals surface area contributed by atoms with Crippen molar-refractivity contribution in [3.8, 4) is 0 Å². The fourth-order valence-corrected chi connectivity index (χ4v) is 2.43. The standard InChI is InChI=1S/C14H17BrN2O2/c1-3-6-17-9-11(15)8-12(17)14(18)16-10(2)13-5-4-7-19-13/h4-5,7-10H,3,6H2,1-2H3,(H,16,18). The Labute approximate surface area is 120 Å². The third-order valence-electron chi connectivity index (χ3n) is 2.88. The van der Waals surface area contributed by atoms with Gasteiger partial charge in [0.25, 0.3) is 5.91 Å². The lowest BCUT2D eigenvalue weighted by atomic mass is 10.2. The van der Waals surface area contributed by atoms with Gasteiger partial charge in [0.05, 0.1) is 12.3 Å². The third-order valence-corrected chi connectivity index (χ3v) is 3.31. The van der Waals surface area contributed by atoms with Crippen molar-refractivity contribution in [2.45, 2.75) is 32.9 Å². The number of carbonyl (C=O) groups is 1. The van der Waals surface area contributed by atoms with Crippen molar-refractivity contribution < 1.29 is 9.21 Å². The summed E-state index contributed by atoms with van der Waals surface area (Å²) in [5.74, 6) is 0.657. The van der Waals surface area contributed by atoms with Gasteiger partial charge in [-0.3, -0.25) is 4.79 Å². The number of amides is 1. The second-order valence-electron chi connectivity index (χ2n) is 4.45. The van der Waals surface area contributed by atoms with Gasteiger partial charge in [-0.05, 0) is 47.5 Å². The van der Waals surface area contributed by atoms with Crippen molar-refractivity contribution in [3.63, 3.8) is 0 Å². The molecular weight excluding hydrogens is 308 g/mol. The molecule has 2 aromatic heterocycles. The zero-order chi connectivity index (χ0) is 13.8. The van der Waals surface area contributed by atoms with Crippen LogP contribution in [0.3, 0.4) is 0 Å². The molecule has 0 aliphatic rings. The molecule has 1 atom stereocenters. The summed E-state index contributed by atoms with van der Waals surface area (Å²) in [6.07, 6.45) is 4.51. The summed E-state index contributed by atoms with van der Waals surface area (Å²) in [6.45, 7) is 4.81. The highest BCUT2D eigenvalue weighted by Gasteiger charge is 2.17. The molecule has 2 aromatic rings. The maximum atomic E-state index is 12.3. The van der Waals surface area contributed by atoms with Crippen molar-refractivity contribution in [2.24, 2.45) is 0 Å². The topological polar surface area (TPSA) is 47.2 Å². The van der Waals surface area contributed by atoms with E-state index in [-0.39, 0.29) is 11.9 Å². The Bertz CT molecular complexity index is 546. The van der Waals surface area contributed by atoms with Crippen LogP contribution in [0.2, 0.25) is 0 Å². The predicted octanol–water partition coefficient (Wildman–Crippen LogP) is 3.74. The Hall–Kier alpha value is -1.49. The average molecular weight is 325 g/mol. The van der Waals surface area contributed by atoms with Gasteiger partial charge in [-0.1, -0.05) is 6.92 Å². The van der Waals surface area contributed by atoms with Crippen LogP contribution < -0.4 is 5.32 Å². The van der Waals surface area contributed by atoms with Gasteiger partial charge in [0.15, 0.2) is 0 Å². The van der Waals surface area contributed by atoms with E-state index < -0.39 is 0 Å². The van der Waals surface area contributed by atoms with E-state index in [0.717, 1.165) is 23.2 Å². The normalized spacial score (nSPS) is 12.4. The Balaban J connectivity index is 2.11. The number of aryl methyl sites for hydroxylation is 1. The Kier molecular flexibility index (Phi) is 4.47.